The fourth-order valence-corrected chi connectivity index (χ4v) is 1.72. The number of carbonyl (C=O) groups is 2. The van der Waals surface area contributed by atoms with Gasteiger partial charge in [-0.05, 0) is 24.1 Å². The molecule has 19 heavy (non-hydrogen) atoms. The van der Waals surface area contributed by atoms with Gasteiger partial charge in [0.25, 0.3) is 5.91 Å². The third-order valence-electron chi connectivity index (χ3n) is 2.80. The van der Waals surface area contributed by atoms with Crippen LogP contribution in [0.4, 0.5) is 0 Å². The predicted molar refractivity (Wildman–Crippen MR) is 67.6 cm³/mol. The average molecular weight is 262 g/mol. The van der Waals surface area contributed by atoms with Crippen molar-refractivity contribution in [2.45, 2.75) is 19.9 Å². The molecule has 2 aromatic rings. The number of hydrogen-bond acceptors (Lipinski definition) is 4. The molecule has 1 amide bonds. The topological polar surface area (TPSA) is 108 Å². The number of carboxylic acids is 1. The number of nitrogens with zero attached hydrogens (tertiary/aromatic N) is 2. The fourth-order valence-electron chi connectivity index (χ4n) is 1.72. The summed E-state index contributed by atoms with van der Waals surface area (Å²) < 4.78 is 0. The summed E-state index contributed by atoms with van der Waals surface area (Å²) in [6.07, 6.45) is 0. The van der Waals surface area contributed by atoms with E-state index >= 15 is 0 Å². The predicted octanol–water partition coefficient (Wildman–Crippen LogP) is 0.797. The second kappa shape index (κ2) is 5.05. The molecule has 2 rings (SSSR count). The van der Waals surface area contributed by atoms with E-state index in [0.717, 1.165) is 0 Å². The normalized spacial score (nSPS) is 12.6. The number of aromatic amines is 1. The third-order valence-corrected chi connectivity index (χ3v) is 2.80. The molecule has 3 N–H and O–H groups in total. The van der Waals surface area contributed by atoms with Crippen molar-refractivity contribution in [3.8, 4) is 0 Å². The van der Waals surface area contributed by atoms with E-state index in [4.69, 9.17) is 5.11 Å². The van der Waals surface area contributed by atoms with Crippen LogP contribution < -0.4 is 5.32 Å². The zero-order valence-corrected chi connectivity index (χ0v) is 10.5. The van der Waals surface area contributed by atoms with Crippen molar-refractivity contribution in [3.05, 3.63) is 23.8 Å². The number of hydrogen-bond donors (Lipinski definition) is 3. The Hall–Kier alpha value is -2.44. The number of H-pyrrole nitrogens is 1. The fraction of sp³-hybridized carbons (Fsp3) is 0.333. The third kappa shape index (κ3) is 2.70. The lowest BCUT2D eigenvalue weighted by Crippen LogP contribution is -2.44. The highest BCUT2D eigenvalue weighted by Crippen LogP contribution is 2.11. The molecule has 0 saturated heterocycles. The van der Waals surface area contributed by atoms with Crippen LogP contribution >= 0.6 is 0 Å². The van der Waals surface area contributed by atoms with Gasteiger partial charge in [-0.25, -0.2) is 4.79 Å². The van der Waals surface area contributed by atoms with Gasteiger partial charge in [0.05, 0.1) is 0 Å². The Bertz CT molecular complexity index is 620. The second-order valence-corrected chi connectivity index (χ2v) is 4.56. The van der Waals surface area contributed by atoms with E-state index in [1.807, 2.05) is 0 Å². The summed E-state index contributed by atoms with van der Waals surface area (Å²) in [6, 6.07) is 3.88. The molecule has 7 heteroatoms. The Morgan fingerprint density at radius 1 is 1.26 bits per heavy atom. The van der Waals surface area contributed by atoms with Gasteiger partial charge in [0.1, 0.15) is 17.1 Å². The van der Waals surface area contributed by atoms with Crippen molar-refractivity contribution in [1.29, 1.82) is 0 Å². The number of carboxylic acid groups (broad SMARTS) is 1. The highest BCUT2D eigenvalue weighted by molar-refractivity contribution is 5.99. The number of fused-ring (bicyclic) bond motifs is 1. The van der Waals surface area contributed by atoms with Crippen LogP contribution in [0.1, 0.15) is 24.2 Å². The Morgan fingerprint density at radius 2 is 1.95 bits per heavy atom. The summed E-state index contributed by atoms with van der Waals surface area (Å²) in [5, 5.41) is 21.7. The van der Waals surface area contributed by atoms with Gasteiger partial charge in [0.15, 0.2) is 0 Å². The van der Waals surface area contributed by atoms with Crippen LogP contribution in [0.3, 0.4) is 0 Å². The minimum Gasteiger partial charge on any atom is -0.480 e. The van der Waals surface area contributed by atoms with Gasteiger partial charge in [0, 0.05) is 5.56 Å². The van der Waals surface area contributed by atoms with Crippen LogP contribution in [0.2, 0.25) is 0 Å². The standard InChI is InChI=1S/C12H14N4O3/c1-6(2)10(12(18)19)13-11(17)7-3-4-8-9(5-7)15-16-14-8/h3-6,10H,1-2H3,(H,13,17)(H,18,19)(H,14,15,16)/t10-/m1/s1. The van der Waals surface area contributed by atoms with Crippen LogP contribution in [0.25, 0.3) is 11.0 Å². The van der Waals surface area contributed by atoms with Crippen LogP contribution in [0.15, 0.2) is 18.2 Å². The molecule has 0 aliphatic heterocycles. The summed E-state index contributed by atoms with van der Waals surface area (Å²) in [4.78, 5) is 23.0. The minimum atomic E-state index is -1.05. The van der Waals surface area contributed by atoms with Gasteiger partial charge in [-0.3, -0.25) is 4.79 Å². The largest absolute Gasteiger partial charge is 0.480 e. The number of amides is 1. The first-order valence-corrected chi connectivity index (χ1v) is 5.83. The van der Waals surface area contributed by atoms with Crippen LogP contribution in [0.5, 0.6) is 0 Å². The molecule has 7 nitrogen and oxygen atoms in total. The Kier molecular flexibility index (Phi) is 3.46. The molecule has 0 bridgehead atoms. The minimum absolute atomic E-state index is 0.197. The van der Waals surface area contributed by atoms with Crippen molar-refractivity contribution >= 4 is 22.9 Å². The number of aromatic nitrogens is 3. The van der Waals surface area contributed by atoms with Crippen LogP contribution in [-0.2, 0) is 4.79 Å². The molecule has 0 fully saturated rings. The van der Waals surface area contributed by atoms with Crippen molar-refractivity contribution < 1.29 is 14.7 Å². The molecule has 1 aromatic heterocycles. The molecule has 100 valence electrons. The molecule has 0 saturated carbocycles. The van der Waals surface area contributed by atoms with Gasteiger partial charge in [-0.2, -0.15) is 15.4 Å². The van der Waals surface area contributed by atoms with E-state index < -0.39 is 17.9 Å². The maximum absolute atomic E-state index is 12.0. The van der Waals surface area contributed by atoms with E-state index in [1.165, 1.54) is 0 Å². The average Bonchev–Trinajstić information content (AvgIpc) is 2.81. The lowest BCUT2D eigenvalue weighted by Gasteiger charge is -2.17. The highest BCUT2D eigenvalue weighted by Gasteiger charge is 2.24. The smallest absolute Gasteiger partial charge is 0.326 e. The lowest BCUT2D eigenvalue weighted by atomic mass is 10.0. The Morgan fingerprint density at radius 3 is 2.58 bits per heavy atom. The monoisotopic (exact) mass is 262 g/mol. The molecule has 0 aliphatic carbocycles. The van der Waals surface area contributed by atoms with Crippen molar-refractivity contribution in [2.24, 2.45) is 5.92 Å². The summed E-state index contributed by atoms with van der Waals surface area (Å²) in [6.45, 7) is 3.47. The van der Waals surface area contributed by atoms with Crippen LogP contribution in [-0.4, -0.2) is 38.4 Å². The van der Waals surface area contributed by atoms with Crippen molar-refractivity contribution in [3.63, 3.8) is 0 Å². The molecule has 1 atom stereocenters. The maximum atomic E-state index is 12.0. The van der Waals surface area contributed by atoms with Crippen LogP contribution in [0, 0.1) is 5.92 Å². The van der Waals surface area contributed by atoms with Crippen molar-refractivity contribution in [2.75, 3.05) is 0 Å². The van der Waals surface area contributed by atoms with Gasteiger partial charge in [-0.1, -0.05) is 13.8 Å². The van der Waals surface area contributed by atoms with E-state index in [2.05, 4.69) is 20.7 Å². The second-order valence-electron chi connectivity index (χ2n) is 4.56. The van der Waals surface area contributed by atoms with Gasteiger partial charge in [0.2, 0.25) is 0 Å². The van der Waals surface area contributed by atoms with Gasteiger partial charge >= 0.3 is 5.97 Å². The molecule has 1 aromatic carbocycles. The maximum Gasteiger partial charge on any atom is 0.326 e. The Labute approximate surface area is 109 Å². The summed E-state index contributed by atoms with van der Waals surface area (Å²) in [5.74, 6) is -1.69. The molecule has 0 spiro atoms. The molecular weight excluding hydrogens is 248 g/mol. The quantitative estimate of drug-likeness (QED) is 0.755. The summed E-state index contributed by atoms with van der Waals surface area (Å²) in [5.41, 5.74) is 1.56. The summed E-state index contributed by atoms with van der Waals surface area (Å²) in [7, 11) is 0. The zero-order chi connectivity index (χ0) is 14.0. The number of benzene rings is 1. The molecular formula is C12H14N4O3. The number of aliphatic carboxylic acids is 1. The van der Waals surface area contributed by atoms with E-state index in [-0.39, 0.29) is 5.92 Å². The molecule has 0 aliphatic rings. The summed E-state index contributed by atoms with van der Waals surface area (Å²) >= 11 is 0. The van der Waals surface area contributed by atoms with E-state index in [9.17, 15) is 9.59 Å². The number of rotatable bonds is 4. The zero-order valence-electron chi connectivity index (χ0n) is 10.5. The number of nitrogens with one attached hydrogen (secondary N) is 2. The first-order chi connectivity index (χ1) is 8.99. The first-order valence-electron chi connectivity index (χ1n) is 5.83. The highest BCUT2D eigenvalue weighted by atomic mass is 16.4. The lowest BCUT2D eigenvalue weighted by molar-refractivity contribution is -0.140. The molecule has 0 radical (unpaired) electrons. The van der Waals surface area contributed by atoms with Gasteiger partial charge in [-0.15, -0.1) is 0 Å². The van der Waals surface area contributed by atoms with Gasteiger partial charge < -0.3 is 10.4 Å². The molecule has 0 unspecified atom stereocenters. The van der Waals surface area contributed by atoms with Crippen molar-refractivity contribution in [1.82, 2.24) is 20.7 Å². The Balaban J connectivity index is 2.21. The van der Waals surface area contributed by atoms with E-state index in [0.29, 0.717) is 16.6 Å². The van der Waals surface area contributed by atoms with E-state index in [1.54, 1.807) is 32.0 Å². The number of carbonyl (C=O) groups excluding carboxylic acids is 1. The molecule has 1 heterocycles. The first kappa shape index (κ1) is 13.0. The SMILES string of the molecule is CC(C)[C@@H](NC(=O)c1ccc2n[nH]nc2c1)C(=O)O.